The van der Waals surface area contributed by atoms with Crippen LogP contribution in [0.15, 0.2) is 32.0 Å². The van der Waals surface area contributed by atoms with Gasteiger partial charge in [-0.05, 0) is 56.5 Å². The van der Waals surface area contributed by atoms with Gasteiger partial charge in [-0.2, -0.15) is 5.10 Å². The van der Waals surface area contributed by atoms with E-state index in [2.05, 4.69) is 37.0 Å². The average Bonchev–Trinajstić information content (AvgIpc) is 2.65. The van der Waals surface area contributed by atoms with Crippen LogP contribution in [0.5, 0.6) is 0 Å². The molecule has 0 aliphatic rings. The highest BCUT2D eigenvalue weighted by Gasteiger charge is 2.23. The first-order chi connectivity index (χ1) is 9.76. The first-order valence-corrected chi connectivity index (χ1v) is 9.48. The van der Waals surface area contributed by atoms with Gasteiger partial charge in [-0.3, -0.25) is 4.68 Å². The van der Waals surface area contributed by atoms with Crippen molar-refractivity contribution in [3.05, 3.63) is 38.5 Å². The van der Waals surface area contributed by atoms with Gasteiger partial charge in [-0.15, -0.1) is 0 Å². The highest BCUT2D eigenvalue weighted by atomic mass is 79.9. The number of rotatable bonds is 4. The van der Waals surface area contributed by atoms with E-state index in [4.69, 9.17) is 5.73 Å². The predicted octanol–water partition coefficient (Wildman–Crippen LogP) is 3.06. The Morgan fingerprint density at radius 1 is 1.33 bits per heavy atom. The molecule has 0 aliphatic heterocycles. The van der Waals surface area contributed by atoms with Gasteiger partial charge >= 0.3 is 0 Å². The Morgan fingerprint density at radius 2 is 2.00 bits per heavy atom. The molecule has 1 heterocycles. The van der Waals surface area contributed by atoms with Crippen LogP contribution in [-0.4, -0.2) is 18.2 Å². The van der Waals surface area contributed by atoms with E-state index in [1.54, 1.807) is 23.9 Å². The lowest BCUT2D eigenvalue weighted by molar-refractivity contribution is 0.591. The van der Waals surface area contributed by atoms with Gasteiger partial charge in [0.1, 0.15) is 0 Å². The molecule has 2 aromatic rings. The molecule has 0 fully saturated rings. The van der Waals surface area contributed by atoms with Crippen molar-refractivity contribution in [2.75, 3.05) is 5.73 Å². The van der Waals surface area contributed by atoms with Crippen molar-refractivity contribution < 1.29 is 8.42 Å². The zero-order valence-corrected chi connectivity index (χ0v) is 15.6. The van der Waals surface area contributed by atoms with Crippen molar-refractivity contribution in [3.8, 4) is 0 Å². The number of aromatic nitrogens is 2. The molecule has 114 valence electrons. The SMILES string of the molecule is CCc1nn(C)c(CS(=O)(=O)c2ccc(N)cc2Br)c1Br. The Hall–Kier alpha value is -0.860. The summed E-state index contributed by atoms with van der Waals surface area (Å²) in [5.41, 5.74) is 7.64. The maximum atomic E-state index is 12.6. The molecule has 0 saturated carbocycles. The number of hydrogen-bond acceptors (Lipinski definition) is 4. The fourth-order valence-electron chi connectivity index (χ4n) is 2.00. The standard InChI is InChI=1S/C13H15Br2N3O2S/c1-3-10-13(15)11(18(2)17-10)7-21(19,20)12-5-4-8(16)6-9(12)14/h4-6H,3,7,16H2,1-2H3. The highest BCUT2D eigenvalue weighted by Crippen LogP contribution is 2.30. The van der Waals surface area contributed by atoms with Crippen molar-refractivity contribution in [2.45, 2.75) is 24.0 Å². The van der Waals surface area contributed by atoms with Gasteiger partial charge in [-0.25, -0.2) is 8.42 Å². The van der Waals surface area contributed by atoms with Crippen LogP contribution >= 0.6 is 31.9 Å². The third-order valence-corrected chi connectivity index (χ3v) is 6.63. The minimum absolute atomic E-state index is 0.125. The molecule has 0 atom stereocenters. The molecule has 0 radical (unpaired) electrons. The van der Waals surface area contributed by atoms with Crippen LogP contribution in [-0.2, 0) is 29.1 Å². The van der Waals surface area contributed by atoms with Crippen molar-refractivity contribution in [1.82, 2.24) is 9.78 Å². The first kappa shape index (κ1) is 16.5. The molecule has 0 amide bonds. The molecule has 0 saturated heterocycles. The Kier molecular flexibility index (Phi) is 4.79. The summed E-state index contributed by atoms with van der Waals surface area (Å²) in [5, 5.41) is 4.32. The van der Waals surface area contributed by atoms with Gasteiger partial charge in [0.05, 0.1) is 26.5 Å². The van der Waals surface area contributed by atoms with Crippen LogP contribution in [0, 0.1) is 0 Å². The number of sulfone groups is 1. The minimum atomic E-state index is -3.49. The number of nitrogens with zero attached hydrogens (tertiary/aromatic N) is 2. The quantitative estimate of drug-likeness (QED) is 0.747. The summed E-state index contributed by atoms with van der Waals surface area (Å²) in [6.07, 6.45) is 0.736. The summed E-state index contributed by atoms with van der Waals surface area (Å²) >= 11 is 6.70. The normalized spacial score (nSPS) is 11.8. The lowest BCUT2D eigenvalue weighted by atomic mass is 10.3. The molecule has 0 bridgehead atoms. The zero-order valence-electron chi connectivity index (χ0n) is 11.6. The number of anilines is 1. The van der Waals surface area contributed by atoms with E-state index in [9.17, 15) is 8.42 Å². The molecule has 1 aromatic carbocycles. The molecule has 1 aromatic heterocycles. The van der Waals surface area contributed by atoms with Gasteiger partial charge in [0.25, 0.3) is 0 Å². The van der Waals surface area contributed by atoms with Gasteiger partial charge in [0, 0.05) is 17.2 Å². The molecule has 8 heteroatoms. The van der Waals surface area contributed by atoms with E-state index >= 15 is 0 Å². The van der Waals surface area contributed by atoms with Crippen molar-refractivity contribution >= 4 is 47.4 Å². The van der Waals surface area contributed by atoms with Gasteiger partial charge in [-0.1, -0.05) is 6.92 Å². The molecular weight excluding hydrogens is 422 g/mol. The van der Waals surface area contributed by atoms with E-state index in [1.165, 1.54) is 6.07 Å². The fourth-order valence-corrected chi connectivity index (χ4v) is 5.56. The third kappa shape index (κ3) is 3.32. The van der Waals surface area contributed by atoms with Crippen molar-refractivity contribution in [3.63, 3.8) is 0 Å². The monoisotopic (exact) mass is 435 g/mol. The molecule has 2 N–H and O–H groups in total. The molecule has 0 aliphatic carbocycles. The number of nitrogen functional groups attached to an aromatic ring is 1. The Morgan fingerprint density at radius 3 is 2.52 bits per heavy atom. The number of aryl methyl sites for hydroxylation is 2. The van der Waals surface area contributed by atoms with Crippen LogP contribution in [0.4, 0.5) is 5.69 Å². The maximum Gasteiger partial charge on any atom is 0.185 e. The Bertz CT molecular complexity index is 785. The molecule has 21 heavy (non-hydrogen) atoms. The maximum absolute atomic E-state index is 12.6. The second kappa shape index (κ2) is 6.10. The van der Waals surface area contributed by atoms with E-state index in [-0.39, 0.29) is 10.6 Å². The van der Waals surface area contributed by atoms with Gasteiger partial charge in [0.2, 0.25) is 0 Å². The van der Waals surface area contributed by atoms with E-state index < -0.39 is 9.84 Å². The van der Waals surface area contributed by atoms with Crippen LogP contribution in [0.1, 0.15) is 18.3 Å². The predicted molar refractivity (Wildman–Crippen MR) is 89.7 cm³/mol. The average molecular weight is 437 g/mol. The first-order valence-electron chi connectivity index (χ1n) is 6.24. The molecule has 5 nitrogen and oxygen atoms in total. The number of halogens is 2. The molecule has 0 unspecified atom stereocenters. The number of nitrogens with two attached hydrogens (primary N) is 1. The van der Waals surface area contributed by atoms with Gasteiger partial charge < -0.3 is 5.73 Å². The summed E-state index contributed by atoms with van der Waals surface area (Å²) in [6, 6.07) is 4.68. The smallest absolute Gasteiger partial charge is 0.185 e. The molecular formula is C13H15Br2N3O2S. The lowest BCUT2D eigenvalue weighted by Gasteiger charge is -2.08. The Balaban J connectivity index is 2.45. The zero-order chi connectivity index (χ0) is 15.8. The molecule has 2 rings (SSSR count). The molecule has 0 spiro atoms. The van der Waals surface area contributed by atoms with Gasteiger partial charge in [0.15, 0.2) is 9.84 Å². The second-order valence-corrected chi connectivity index (χ2v) is 8.24. The van der Waals surface area contributed by atoms with E-state index in [0.29, 0.717) is 15.9 Å². The highest BCUT2D eigenvalue weighted by molar-refractivity contribution is 9.10. The second-order valence-electron chi connectivity index (χ2n) is 4.63. The van der Waals surface area contributed by atoms with Crippen molar-refractivity contribution in [2.24, 2.45) is 7.05 Å². The van der Waals surface area contributed by atoms with Crippen LogP contribution in [0.2, 0.25) is 0 Å². The summed E-state index contributed by atoms with van der Waals surface area (Å²) in [5.74, 6) is -0.125. The summed E-state index contributed by atoms with van der Waals surface area (Å²) < 4.78 is 28.0. The lowest BCUT2D eigenvalue weighted by Crippen LogP contribution is -2.10. The van der Waals surface area contributed by atoms with E-state index in [0.717, 1.165) is 16.6 Å². The number of hydrogen-bond donors (Lipinski definition) is 1. The van der Waals surface area contributed by atoms with E-state index in [1.807, 2.05) is 6.92 Å². The third-order valence-electron chi connectivity index (χ3n) is 3.12. The topological polar surface area (TPSA) is 78.0 Å². The van der Waals surface area contributed by atoms with Crippen LogP contribution in [0.25, 0.3) is 0 Å². The summed E-state index contributed by atoms with van der Waals surface area (Å²) in [6.45, 7) is 1.97. The summed E-state index contributed by atoms with van der Waals surface area (Å²) in [7, 11) is -1.75. The Labute approximate surface area is 140 Å². The van der Waals surface area contributed by atoms with Crippen LogP contribution in [0.3, 0.4) is 0 Å². The van der Waals surface area contributed by atoms with Crippen LogP contribution < -0.4 is 5.73 Å². The summed E-state index contributed by atoms with van der Waals surface area (Å²) in [4.78, 5) is 0.225. The fraction of sp³-hybridized carbons (Fsp3) is 0.308. The minimum Gasteiger partial charge on any atom is -0.399 e. The largest absolute Gasteiger partial charge is 0.399 e. The number of benzene rings is 1. The van der Waals surface area contributed by atoms with Crippen molar-refractivity contribution in [1.29, 1.82) is 0 Å².